The van der Waals surface area contributed by atoms with Crippen LogP contribution in [0.1, 0.15) is 55.8 Å². The van der Waals surface area contributed by atoms with Gasteiger partial charge in [-0.05, 0) is 29.3 Å². The summed E-state index contributed by atoms with van der Waals surface area (Å²) in [4.78, 5) is 12.3. The number of ketones is 1. The Morgan fingerprint density at radius 1 is 1.00 bits per heavy atom. The van der Waals surface area contributed by atoms with E-state index in [2.05, 4.69) is 6.92 Å². The number of nitrogen functional groups attached to an aromatic ring is 1. The summed E-state index contributed by atoms with van der Waals surface area (Å²) in [6, 6.07) is 11.8. The number of hydrogen-bond donors (Lipinski definition) is 1. The second-order valence-electron chi connectivity index (χ2n) is 5.37. The van der Waals surface area contributed by atoms with Crippen LogP contribution in [0.2, 0.25) is 0 Å². The molecule has 0 fully saturated rings. The van der Waals surface area contributed by atoms with E-state index in [4.69, 9.17) is 5.73 Å². The summed E-state index contributed by atoms with van der Waals surface area (Å²) in [5.74, 6) is 0.171. The van der Waals surface area contributed by atoms with Gasteiger partial charge in [-0.15, -0.1) is 0 Å². The fourth-order valence-corrected chi connectivity index (χ4v) is 2.52. The number of anilines is 1. The van der Waals surface area contributed by atoms with Crippen molar-refractivity contribution in [1.29, 1.82) is 0 Å². The summed E-state index contributed by atoms with van der Waals surface area (Å²) in [7, 11) is 0. The molecule has 0 saturated carbocycles. The van der Waals surface area contributed by atoms with Crippen molar-refractivity contribution in [1.82, 2.24) is 0 Å². The smallest absolute Gasteiger partial charge is 0.164 e. The summed E-state index contributed by atoms with van der Waals surface area (Å²) in [5.41, 5.74) is 7.30. The Morgan fingerprint density at radius 2 is 1.65 bits per heavy atom. The van der Waals surface area contributed by atoms with Crippen LogP contribution >= 0.6 is 0 Å². The highest BCUT2D eigenvalue weighted by molar-refractivity contribution is 6.05. The fourth-order valence-electron chi connectivity index (χ4n) is 2.52. The average Bonchev–Trinajstić information content (AvgIpc) is 2.46. The first-order chi connectivity index (χ1) is 9.72. The predicted octanol–water partition coefficient (Wildman–Crippen LogP) is 4.97. The number of fused-ring (bicyclic) bond motifs is 1. The number of nitrogens with two attached hydrogens (primary N) is 1. The third kappa shape index (κ3) is 3.60. The SMILES string of the molecule is CCCCCCCC(=O)c1cc2ccccc2cc1N. The molecule has 0 aliphatic rings. The molecule has 2 rings (SSSR count). The van der Waals surface area contributed by atoms with E-state index in [0.29, 0.717) is 17.7 Å². The lowest BCUT2D eigenvalue weighted by Gasteiger charge is -2.07. The van der Waals surface area contributed by atoms with E-state index < -0.39 is 0 Å². The van der Waals surface area contributed by atoms with Gasteiger partial charge in [0.1, 0.15) is 0 Å². The van der Waals surface area contributed by atoms with Crippen LogP contribution in [-0.4, -0.2) is 5.78 Å². The molecule has 0 saturated heterocycles. The van der Waals surface area contributed by atoms with E-state index in [9.17, 15) is 4.79 Å². The molecule has 0 heterocycles. The lowest BCUT2D eigenvalue weighted by Crippen LogP contribution is -2.04. The Morgan fingerprint density at radius 3 is 2.35 bits per heavy atom. The summed E-state index contributed by atoms with van der Waals surface area (Å²) in [6.07, 6.45) is 6.40. The maximum Gasteiger partial charge on any atom is 0.164 e. The Kier molecular flexibility index (Phi) is 5.16. The number of carbonyl (C=O) groups excluding carboxylic acids is 1. The van der Waals surface area contributed by atoms with Gasteiger partial charge in [0.25, 0.3) is 0 Å². The number of carbonyl (C=O) groups is 1. The van der Waals surface area contributed by atoms with E-state index in [1.807, 2.05) is 36.4 Å². The lowest BCUT2D eigenvalue weighted by molar-refractivity contribution is 0.0980. The molecule has 0 spiro atoms. The molecule has 0 bridgehead atoms. The summed E-state index contributed by atoms with van der Waals surface area (Å²) in [6.45, 7) is 2.20. The van der Waals surface area contributed by atoms with Gasteiger partial charge < -0.3 is 5.73 Å². The lowest BCUT2D eigenvalue weighted by atomic mass is 9.99. The van der Waals surface area contributed by atoms with Gasteiger partial charge in [-0.3, -0.25) is 4.79 Å². The van der Waals surface area contributed by atoms with Crippen molar-refractivity contribution in [3.8, 4) is 0 Å². The third-order valence-corrected chi connectivity index (χ3v) is 3.73. The molecule has 0 atom stereocenters. The maximum atomic E-state index is 12.3. The largest absolute Gasteiger partial charge is 0.398 e. The van der Waals surface area contributed by atoms with Crippen LogP contribution in [0.15, 0.2) is 36.4 Å². The van der Waals surface area contributed by atoms with Crippen molar-refractivity contribution in [3.63, 3.8) is 0 Å². The van der Waals surface area contributed by atoms with Gasteiger partial charge in [-0.1, -0.05) is 56.9 Å². The van der Waals surface area contributed by atoms with Crippen molar-refractivity contribution in [2.24, 2.45) is 0 Å². The minimum Gasteiger partial charge on any atom is -0.398 e. The first kappa shape index (κ1) is 14.6. The number of Topliss-reactive ketones (excluding diaryl/α,β-unsaturated/α-hetero) is 1. The second-order valence-corrected chi connectivity index (χ2v) is 5.37. The summed E-state index contributed by atoms with van der Waals surface area (Å²) < 4.78 is 0. The van der Waals surface area contributed by atoms with Crippen LogP contribution in [-0.2, 0) is 0 Å². The zero-order valence-electron chi connectivity index (χ0n) is 12.2. The van der Waals surface area contributed by atoms with E-state index in [0.717, 1.165) is 23.6 Å². The Hall–Kier alpha value is -1.83. The van der Waals surface area contributed by atoms with E-state index in [1.165, 1.54) is 19.3 Å². The molecule has 0 aromatic heterocycles. The van der Waals surface area contributed by atoms with E-state index in [-0.39, 0.29) is 5.78 Å². The van der Waals surface area contributed by atoms with Crippen LogP contribution in [0, 0.1) is 0 Å². The van der Waals surface area contributed by atoms with Crippen LogP contribution in [0.3, 0.4) is 0 Å². The topological polar surface area (TPSA) is 43.1 Å². The molecule has 2 N–H and O–H groups in total. The quantitative estimate of drug-likeness (QED) is 0.438. The van der Waals surface area contributed by atoms with Crippen LogP contribution < -0.4 is 5.73 Å². The maximum absolute atomic E-state index is 12.3. The summed E-state index contributed by atoms with van der Waals surface area (Å²) in [5, 5.41) is 2.17. The van der Waals surface area contributed by atoms with Crippen molar-refractivity contribution < 1.29 is 4.79 Å². The molecule has 0 aliphatic carbocycles. The predicted molar refractivity (Wildman–Crippen MR) is 86.1 cm³/mol. The first-order valence-corrected chi connectivity index (χ1v) is 7.54. The van der Waals surface area contributed by atoms with E-state index in [1.54, 1.807) is 0 Å². The Labute approximate surface area is 121 Å². The average molecular weight is 269 g/mol. The van der Waals surface area contributed by atoms with Crippen molar-refractivity contribution in [3.05, 3.63) is 42.0 Å². The molecule has 2 heteroatoms. The van der Waals surface area contributed by atoms with Gasteiger partial charge in [0, 0.05) is 17.7 Å². The number of hydrogen-bond acceptors (Lipinski definition) is 2. The zero-order chi connectivity index (χ0) is 14.4. The highest BCUT2D eigenvalue weighted by atomic mass is 16.1. The zero-order valence-corrected chi connectivity index (χ0v) is 12.2. The van der Waals surface area contributed by atoms with Gasteiger partial charge in [0.2, 0.25) is 0 Å². The monoisotopic (exact) mass is 269 g/mol. The minimum absolute atomic E-state index is 0.171. The molecule has 0 aliphatic heterocycles. The Balaban J connectivity index is 2.04. The highest BCUT2D eigenvalue weighted by Crippen LogP contribution is 2.23. The second kappa shape index (κ2) is 7.09. The van der Waals surface area contributed by atoms with Crippen LogP contribution in [0.4, 0.5) is 5.69 Å². The first-order valence-electron chi connectivity index (χ1n) is 7.54. The van der Waals surface area contributed by atoms with Crippen LogP contribution in [0.5, 0.6) is 0 Å². The van der Waals surface area contributed by atoms with E-state index >= 15 is 0 Å². The van der Waals surface area contributed by atoms with Gasteiger partial charge in [0.05, 0.1) is 0 Å². The number of unbranched alkanes of at least 4 members (excludes halogenated alkanes) is 4. The standard InChI is InChI=1S/C18H23NO/c1-2-3-4-5-6-11-18(20)16-12-14-9-7-8-10-15(14)13-17(16)19/h7-10,12-13H,2-6,11,19H2,1H3. The molecule has 20 heavy (non-hydrogen) atoms. The molecule has 106 valence electrons. The number of benzene rings is 2. The normalized spacial score (nSPS) is 10.8. The molecule has 0 unspecified atom stereocenters. The van der Waals surface area contributed by atoms with Gasteiger partial charge in [-0.2, -0.15) is 0 Å². The number of rotatable bonds is 7. The van der Waals surface area contributed by atoms with Crippen LogP contribution in [0.25, 0.3) is 10.8 Å². The molecule has 2 aromatic rings. The third-order valence-electron chi connectivity index (χ3n) is 3.73. The fraction of sp³-hybridized carbons (Fsp3) is 0.389. The molecular formula is C18H23NO. The van der Waals surface area contributed by atoms with Crippen molar-refractivity contribution in [2.75, 3.05) is 5.73 Å². The van der Waals surface area contributed by atoms with Crippen molar-refractivity contribution >= 4 is 22.2 Å². The van der Waals surface area contributed by atoms with Gasteiger partial charge >= 0.3 is 0 Å². The van der Waals surface area contributed by atoms with Crippen molar-refractivity contribution in [2.45, 2.75) is 45.4 Å². The summed E-state index contributed by atoms with van der Waals surface area (Å²) >= 11 is 0. The molecular weight excluding hydrogens is 246 g/mol. The highest BCUT2D eigenvalue weighted by Gasteiger charge is 2.10. The molecule has 2 nitrogen and oxygen atoms in total. The molecule has 0 radical (unpaired) electrons. The Bertz CT molecular complexity index is 589. The molecule has 0 amide bonds. The molecule has 2 aromatic carbocycles. The van der Waals surface area contributed by atoms with Gasteiger partial charge in [-0.25, -0.2) is 0 Å². The minimum atomic E-state index is 0.171. The van der Waals surface area contributed by atoms with Gasteiger partial charge in [0.15, 0.2) is 5.78 Å².